The summed E-state index contributed by atoms with van der Waals surface area (Å²) in [5.41, 5.74) is 0.364. The van der Waals surface area contributed by atoms with Crippen LogP contribution in [0.1, 0.15) is 5.56 Å². The zero-order chi connectivity index (χ0) is 26.1. The molecular formula is C26H15N3O6S2. The minimum absolute atomic E-state index is 0.143. The lowest BCUT2D eigenvalue weighted by Gasteiger charge is -2.17. The Bertz CT molecular complexity index is 1650. The van der Waals surface area contributed by atoms with Gasteiger partial charge in [0, 0.05) is 11.5 Å². The van der Waals surface area contributed by atoms with Gasteiger partial charge in [-0.05, 0) is 41.3 Å². The molecular weight excluding hydrogens is 514 g/mol. The number of non-ortho nitro benzene ring substituents is 1. The number of hydrogen-bond donors (Lipinski definition) is 0. The van der Waals surface area contributed by atoms with Gasteiger partial charge in [-0.15, -0.1) is 0 Å². The molecule has 1 aliphatic heterocycles. The van der Waals surface area contributed by atoms with Gasteiger partial charge in [0.2, 0.25) is 5.75 Å². The molecule has 0 atom stereocenters. The third kappa shape index (κ3) is 4.77. The van der Waals surface area contributed by atoms with Gasteiger partial charge in [0.15, 0.2) is 4.32 Å². The number of nitro benzene ring substituents is 2. The Labute approximate surface area is 219 Å². The molecule has 9 nitrogen and oxygen atoms in total. The van der Waals surface area contributed by atoms with Crippen molar-refractivity contribution >= 4 is 68.1 Å². The van der Waals surface area contributed by atoms with Crippen molar-refractivity contribution in [1.29, 1.82) is 0 Å². The normalized spacial score (nSPS) is 14.4. The first-order valence-corrected chi connectivity index (χ1v) is 12.0. The number of carbonyl (C=O) groups is 1. The van der Waals surface area contributed by atoms with E-state index in [9.17, 15) is 25.0 Å². The van der Waals surface area contributed by atoms with Crippen molar-refractivity contribution in [3.05, 3.63) is 116 Å². The molecule has 0 radical (unpaired) electrons. The second kappa shape index (κ2) is 9.80. The van der Waals surface area contributed by atoms with E-state index in [1.165, 1.54) is 22.7 Å². The van der Waals surface area contributed by atoms with E-state index in [1.54, 1.807) is 30.3 Å². The summed E-state index contributed by atoms with van der Waals surface area (Å²) >= 11 is 6.70. The van der Waals surface area contributed by atoms with Gasteiger partial charge >= 0.3 is 5.69 Å². The van der Waals surface area contributed by atoms with Crippen LogP contribution in [-0.2, 0) is 4.79 Å². The third-order valence-electron chi connectivity index (χ3n) is 5.53. The first kappa shape index (κ1) is 24.1. The summed E-state index contributed by atoms with van der Waals surface area (Å²) in [6, 6.07) is 23.2. The molecule has 1 saturated heterocycles. The van der Waals surface area contributed by atoms with Gasteiger partial charge in [-0.1, -0.05) is 72.5 Å². The van der Waals surface area contributed by atoms with E-state index in [0.29, 0.717) is 20.5 Å². The maximum Gasteiger partial charge on any atom is 0.318 e. The van der Waals surface area contributed by atoms with Crippen molar-refractivity contribution in [2.24, 2.45) is 0 Å². The molecule has 1 heterocycles. The van der Waals surface area contributed by atoms with E-state index in [0.717, 1.165) is 22.9 Å². The molecule has 5 rings (SSSR count). The van der Waals surface area contributed by atoms with E-state index in [4.69, 9.17) is 17.0 Å². The molecule has 0 bridgehead atoms. The fraction of sp³-hybridized carbons (Fsp3) is 0. The molecule has 1 aliphatic rings. The summed E-state index contributed by atoms with van der Waals surface area (Å²) in [4.78, 5) is 36.2. The van der Waals surface area contributed by atoms with Crippen LogP contribution in [-0.4, -0.2) is 20.1 Å². The van der Waals surface area contributed by atoms with Gasteiger partial charge in [-0.2, -0.15) is 0 Å². The van der Waals surface area contributed by atoms with E-state index in [-0.39, 0.29) is 17.4 Å². The molecule has 0 unspecified atom stereocenters. The molecule has 182 valence electrons. The van der Waals surface area contributed by atoms with Crippen molar-refractivity contribution in [2.45, 2.75) is 0 Å². The predicted molar refractivity (Wildman–Crippen MR) is 146 cm³/mol. The first-order valence-electron chi connectivity index (χ1n) is 10.8. The number of ether oxygens (including phenoxy) is 1. The SMILES string of the molecule is O=C1/C(=C\c2cccc(Oc3ccc([N+](=O)[O-])cc3[N+](=O)[O-])c2)SC(=S)N1c1cccc2ccccc12. The van der Waals surface area contributed by atoms with E-state index in [1.807, 2.05) is 42.5 Å². The van der Waals surface area contributed by atoms with Crippen LogP contribution in [0, 0.1) is 20.2 Å². The fourth-order valence-corrected chi connectivity index (χ4v) is 5.16. The van der Waals surface area contributed by atoms with Crippen LogP contribution in [0.2, 0.25) is 0 Å². The molecule has 0 N–H and O–H groups in total. The number of nitro groups is 2. The Balaban J connectivity index is 1.43. The molecule has 4 aromatic rings. The lowest BCUT2D eigenvalue weighted by molar-refractivity contribution is -0.394. The van der Waals surface area contributed by atoms with Gasteiger partial charge in [0.1, 0.15) is 5.75 Å². The highest BCUT2D eigenvalue weighted by atomic mass is 32.2. The predicted octanol–water partition coefficient (Wildman–Crippen LogP) is 6.85. The number of rotatable bonds is 6. The summed E-state index contributed by atoms with van der Waals surface area (Å²) in [5.74, 6) is -0.144. The molecule has 4 aromatic carbocycles. The molecule has 0 aromatic heterocycles. The molecule has 0 spiro atoms. The highest BCUT2D eigenvalue weighted by Crippen LogP contribution is 2.39. The third-order valence-corrected chi connectivity index (χ3v) is 6.84. The number of carbonyl (C=O) groups excluding carboxylic acids is 1. The number of benzene rings is 4. The first-order chi connectivity index (χ1) is 17.8. The summed E-state index contributed by atoms with van der Waals surface area (Å²) < 4.78 is 6.08. The van der Waals surface area contributed by atoms with Crippen LogP contribution in [0.4, 0.5) is 17.1 Å². The Kier molecular flexibility index (Phi) is 6.38. The van der Waals surface area contributed by atoms with Gasteiger partial charge in [-0.3, -0.25) is 29.9 Å². The average molecular weight is 530 g/mol. The van der Waals surface area contributed by atoms with Crippen LogP contribution in [0.15, 0.2) is 89.8 Å². The van der Waals surface area contributed by atoms with Crippen LogP contribution < -0.4 is 9.64 Å². The van der Waals surface area contributed by atoms with Crippen LogP contribution in [0.3, 0.4) is 0 Å². The highest BCUT2D eigenvalue weighted by Gasteiger charge is 2.34. The van der Waals surface area contributed by atoms with Gasteiger partial charge in [0.25, 0.3) is 11.6 Å². The Morgan fingerprint density at radius 1 is 0.892 bits per heavy atom. The molecule has 37 heavy (non-hydrogen) atoms. The number of amides is 1. The highest BCUT2D eigenvalue weighted by molar-refractivity contribution is 8.27. The van der Waals surface area contributed by atoms with Gasteiger partial charge in [-0.25, -0.2) is 0 Å². The minimum Gasteiger partial charge on any atom is -0.450 e. The molecule has 0 saturated carbocycles. The molecule has 1 fully saturated rings. The number of thiocarbonyl (C=S) groups is 1. The summed E-state index contributed by atoms with van der Waals surface area (Å²) in [6.45, 7) is 0. The zero-order valence-electron chi connectivity index (χ0n) is 18.8. The van der Waals surface area contributed by atoms with Crippen molar-refractivity contribution < 1.29 is 19.4 Å². The van der Waals surface area contributed by atoms with E-state index >= 15 is 0 Å². The maximum atomic E-state index is 13.3. The number of nitrogens with zero attached hydrogens (tertiary/aromatic N) is 3. The Hall–Kier alpha value is -4.61. The number of fused-ring (bicyclic) bond motifs is 1. The molecule has 1 amide bonds. The quantitative estimate of drug-likeness (QED) is 0.115. The number of hydrogen-bond acceptors (Lipinski definition) is 8. The zero-order valence-corrected chi connectivity index (χ0v) is 20.4. The van der Waals surface area contributed by atoms with E-state index < -0.39 is 21.2 Å². The van der Waals surface area contributed by atoms with Crippen molar-refractivity contribution in [1.82, 2.24) is 0 Å². The lowest BCUT2D eigenvalue weighted by Crippen LogP contribution is -2.27. The second-order valence-corrected chi connectivity index (χ2v) is 9.53. The lowest BCUT2D eigenvalue weighted by atomic mass is 10.1. The van der Waals surface area contributed by atoms with Gasteiger partial charge < -0.3 is 4.74 Å². The van der Waals surface area contributed by atoms with Crippen LogP contribution in [0.25, 0.3) is 16.8 Å². The van der Waals surface area contributed by atoms with Crippen LogP contribution >= 0.6 is 24.0 Å². The van der Waals surface area contributed by atoms with Crippen LogP contribution in [0.5, 0.6) is 11.5 Å². The van der Waals surface area contributed by atoms with Crippen molar-refractivity contribution in [3.8, 4) is 11.5 Å². The monoisotopic (exact) mass is 529 g/mol. The molecule has 0 aliphatic carbocycles. The largest absolute Gasteiger partial charge is 0.450 e. The summed E-state index contributed by atoms with van der Waals surface area (Å²) in [7, 11) is 0. The van der Waals surface area contributed by atoms with Gasteiger partial charge in [0.05, 0.1) is 26.5 Å². The smallest absolute Gasteiger partial charge is 0.318 e. The average Bonchev–Trinajstić information content (AvgIpc) is 3.16. The number of thioether (sulfide) groups is 1. The topological polar surface area (TPSA) is 116 Å². The maximum absolute atomic E-state index is 13.3. The van der Waals surface area contributed by atoms with E-state index in [2.05, 4.69) is 0 Å². The summed E-state index contributed by atoms with van der Waals surface area (Å²) in [6.07, 6.45) is 1.67. The Morgan fingerprint density at radius 2 is 1.65 bits per heavy atom. The van der Waals surface area contributed by atoms with Crippen molar-refractivity contribution in [2.75, 3.05) is 4.90 Å². The molecule has 11 heteroatoms. The Morgan fingerprint density at radius 3 is 2.43 bits per heavy atom. The number of anilines is 1. The summed E-state index contributed by atoms with van der Waals surface area (Å²) in [5, 5.41) is 24.3. The second-order valence-electron chi connectivity index (χ2n) is 7.86. The fourth-order valence-electron chi connectivity index (χ4n) is 3.87. The standard InChI is InChI=1S/C26H15N3O6S2/c30-25-24(37-26(36)27(25)21-10-4-7-17-6-1-2-9-20(17)21)14-16-5-3-8-19(13-16)35-23-12-11-18(28(31)32)15-22(23)29(33)34/h1-15H/b24-14+. The van der Waals surface area contributed by atoms with Crippen molar-refractivity contribution in [3.63, 3.8) is 0 Å². The minimum atomic E-state index is -0.745.